The molecule has 0 saturated carbocycles. The molecule has 2 N–H and O–H groups in total. The average molecular weight is 367 g/mol. The van der Waals surface area contributed by atoms with E-state index in [9.17, 15) is 9.18 Å². The molecule has 0 bridgehead atoms. The molecule has 0 radical (unpaired) electrons. The smallest absolute Gasteiger partial charge is 0.269 e. The first-order chi connectivity index (χ1) is 12.9. The highest BCUT2D eigenvalue weighted by molar-refractivity contribution is 6.44. The van der Waals surface area contributed by atoms with Crippen molar-refractivity contribution in [2.75, 3.05) is 7.05 Å². The third-order valence-corrected chi connectivity index (χ3v) is 4.88. The molecule has 0 heterocycles. The van der Waals surface area contributed by atoms with Crippen molar-refractivity contribution in [3.05, 3.63) is 69.5 Å². The summed E-state index contributed by atoms with van der Waals surface area (Å²) in [6.07, 6.45) is 1.52. The Hall–Kier alpha value is -3.02. The van der Waals surface area contributed by atoms with Crippen molar-refractivity contribution in [3.63, 3.8) is 0 Å². The Kier molecular flexibility index (Phi) is 5.35. The molecule has 2 aromatic rings. The van der Waals surface area contributed by atoms with Crippen LogP contribution in [0.4, 0.5) is 4.39 Å². The molecule has 0 aliphatic heterocycles. The quantitative estimate of drug-likeness (QED) is 0.628. The minimum absolute atomic E-state index is 0.114. The number of rotatable bonds is 5. The number of oxime groups is 1. The molecule has 0 aromatic heterocycles. The number of nitrogens with zero attached hydrogens (tertiary/aromatic N) is 1. The Balaban J connectivity index is 1.83. The third-order valence-electron chi connectivity index (χ3n) is 4.88. The van der Waals surface area contributed by atoms with Gasteiger partial charge < -0.3 is 10.2 Å². The van der Waals surface area contributed by atoms with Gasteiger partial charge in [0.25, 0.3) is 5.91 Å². The van der Waals surface area contributed by atoms with Gasteiger partial charge in [0, 0.05) is 23.7 Å². The second-order valence-electron chi connectivity index (χ2n) is 6.62. The molecule has 1 aliphatic rings. The molecule has 0 atom stereocenters. The maximum atomic E-state index is 13.7. The van der Waals surface area contributed by atoms with Gasteiger partial charge in [0.15, 0.2) is 0 Å². The van der Waals surface area contributed by atoms with Crippen LogP contribution in [0.3, 0.4) is 0 Å². The number of hydrogen-bond donors (Lipinski definition) is 2. The van der Waals surface area contributed by atoms with Gasteiger partial charge in [-0.2, -0.15) is 0 Å². The number of carbonyl (C=O) groups is 1. The van der Waals surface area contributed by atoms with Crippen LogP contribution in [0.1, 0.15) is 39.8 Å². The maximum absolute atomic E-state index is 13.7. The minimum atomic E-state index is -0.455. The van der Waals surface area contributed by atoms with Crippen LogP contribution >= 0.6 is 0 Å². The van der Waals surface area contributed by atoms with E-state index >= 15 is 0 Å². The second kappa shape index (κ2) is 7.70. The molecule has 6 heteroatoms. The van der Waals surface area contributed by atoms with Crippen molar-refractivity contribution in [1.82, 2.24) is 5.32 Å². The van der Waals surface area contributed by atoms with Gasteiger partial charge in [0.2, 0.25) is 0 Å². The van der Waals surface area contributed by atoms with E-state index in [0.29, 0.717) is 12.0 Å². The predicted octanol–water partition coefficient (Wildman–Crippen LogP) is 3.42. The highest BCUT2D eigenvalue weighted by atomic mass is 19.1. The van der Waals surface area contributed by atoms with Crippen LogP contribution in [0, 0.1) is 25.1 Å². The molecule has 3 rings (SSSR count). The summed E-state index contributed by atoms with van der Waals surface area (Å²) in [6, 6.07) is 8.46. The molecule has 0 spiro atoms. The fraction of sp³-hybridized carbons (Fsp3) is 0.286. The van der Waals surface area contributed by atoms with Crippen LogP contribution in [0.25, 0.3) is 0 Å². The summed E-state index contributed by atoms with van der Waals surface area (Å²) in [5.74, 6) is -0.732. The standard InChI is InChI=1S/C21H22FN3O2/c1-12-5-4-6-16(20(23)21(26)24-3)18(12)11-27-25-19-8-7-15-13(2)9-14(22)10-17(15)19/h4-6,9-10,23H,7-8,11H2,1-3H3,(H,24,26)/b23-20?,25-19+. The topological polar surface area (TPSA) is 74.5 Å². The van der Waals surface area contributed by atoms with E-state index in [0.717, 1.165) is 39.9 Å². The summed E-state index contributed by atoms with van der Waals surface area (Å²) in [4.78, 5) is 17.4. The zero-order chi connectivity index (χ0) is 19.6. The van der Waals surface area contributed by atoms with Crippen LogP contribution in [0.15, 0.2) is 35.5 Å². The van der Waals surface area contributed by atoms with E-state index in [2.05, 4.69) is 10.5 Å². The van der Waals surface area contributed by atoms with E-state index in [1.807, 2.05) is 19.9 Å². The van der Waals surface area contributed by atoms with Crippen molar-refractivity contribution in [3.8, 4) is 0 Å². The summed E-state index contributed by atoms with van der Waals surface area (Å²) in [5, 5.41) is 14.8. The molecule has 1 amide bonds. The normalized spacial score (nSPS) is 14.1. The van der Waals surface area contributed by atoms with Gasteiger partial charge in [-0.25, -0.2) is 4.39 Å². The summed E-state index contributed by atoms with van der Waals surface area (Å²) in [5.41, 5.74) is 5.62. The number of aryl methyl sites for hydroxylation is 2. The van der Waals surface area contributed by atoms with Crippen LogP contribution in [-0.2, 0) is 22.7 Å². The Bertz CT molecular complexity index is 951. The van der Waals surface area contributed by atoms with Crippen LogP contribution in [0.5, 0.6) is 0 Å². The number of carbonyl (C=O) groups excluding carboxylic acids is 1. The number of likely N-dealkylation sites (N-methyl/N-ethyl adjacent to an activating group) is 1. The first kappa shape index (κ1) is 18.8. The Morgan fingerprint density at radius 1 is 1.26 bits per heavy atom. The third kappa shape index (κ3) is 3.74. The number of nitrogens with one attached hydrogen (secondary N) is 2. The monoisotopic (exact) mass is 367 g/mol. The first-order valence-corrected chi connectivity index (χ1v) is 8.80. The van der Waals surface area contributed by atoms with Gasteiger partial charge in [-0.15, -0.1) is 0 Å². The molecular weight excluding hydrogens is 345 g/mol. The molecule has 27 heavy (non-hydrogen) atoms. The largest absolute Gasteiger partial charge is 0.391 e. The van der Waals surface area contributed by atoms with Gasteiger partial charge in [-0.05, 0) is 55.5 Å². The van der Waals surface area contributed by atoms with Gasteiger partial charge in [0.05, 0.1) is 5.71 Å². The molecule has 5 nitrogen and oxygen atoms in total. The van der Waals surface area contributed by atoms with E-state index < -0.39 is 5.91 Å². The van der Waals surface area contributed by atoms with Gasteiger partial charge in [0.1, 0.15) is 18.1 Å². The average Bonchev–Trinajstić information content (AvgIpc) is 3.05. The first-order valence-electron chi connectivity index (χ1n) is 8.80. The lowest BCUT2D eigenvalue weighted by Crippen LogP contribution is -2.28. The lowest BCUT2D eigenvalue weighted by molar-refractivity contribution is -0.114. The van der Waals surface area contributed by atoms with Crippen LogP contribution < -0.4 is 5.32 Å². The lowest BCUT2D eigenvalue weighted by Gasteiger charge is -2.12. The summed E-state index contributed by atoms with van der Waals surface area (Å²) >= 11 is 0. The summed E-state index contributed by atoms with van der Waals surface area (Å²) in [6.45, 7) is 3.93. The Morgan fingerprint density at radius 2 is 2.04 bits per heavy atom. The Morgan fingerprint density at radius 3 is 2.78 bits per heavy atom. The number of halogens is 1. The van der Waals surface area contributed by atoms with Gasteiger partial charge in [-0.3, -0.25) is 10.2 Å². The zero-order valence-corrected chi connectivity index (χ0v) is 15.6. The van der Waals surface area contributed by atoms with Crippen LogP contribution in [0.2, 0.25) is 0 Å². The molecule has 0 saturated heterocycles. The van der Waals surface area contributed by atoms with Crippen molar-refractivity contribution in [2.24, 2.45) is 5.16 Å². The predicted molar refractivity (Wildman–Crippen MR) is 103 cm³/mol. The lowest BCUT2D eigenvalue weighted by atomic mass is 9.98. The van der Waals surface area contributed by atoms with Crippen molar-refractivity contribution >= 4 is 17.3 Å². The Labute approximate surface area is 157 Å². The number of hydrogen-bond acceptors (Lipinski definition) is 4. The molecular formula is C21H22FN3O2. The van der Waals surface area contributed by atoms with E-state index in [1.165, 1.54) is 19.2 Å². The molecule has 140 valence electrons. The molecule has 0 unspecified atom stereocenters. The second-order valence-corrected chi connectivity index (χ2v) is 6.62. The van der Waals surface area contributed by atoms with Crippen molar-refractivity contribution in [1.29, 1.82) is 5.41 Å². The number of benzene rings is 2. The molecule has 2 aromatic carbocycles. The number of fused-ring (bicyclic) bond motifs is 1. The fourth-order valence-electron chi connectivity index (χ4n) is 3.39. The highest BCUT2D eigenvalue weighted by Gasteiger charge is 2.22. The highest BCUT2D eigenvalue weighted by Crippen LogP contribution is 2.27. The van der Waals surface area contributed by atoms with Crippen LogP contribution in [-0.4, -0.2) is 24.4 Å². The number of amides is 1. The van der Waals surface area contributed by atoms with Gasteiger partial charge in [-0.1, -0.05) is 23.4 Å². The summed E-state index contributed by atoms with van der Waals surface area (Å²) in [7, 11) is 1.49. The maximum Gasteiger partial charge on any atom is 0.269 e. The summed E-state index contributed by atoms with van der Waals surface area (Å²) < 4.78 is 13.7. The van der Waals surface area contributed by atoms with E-state index in [-0.39, 0.29) is 18.1 Å². The van der Waals surface area contributed by atoms with E-state index in [4.69, 9.17) is 10.2 Å². The van der Waals surface area contributed by atoms with Crippen molar-refractivity contribution in [2.45, 2.75) is 33.3 Å². The zero-order valence-electron chi connectivity index (χ0n) is 15.6. The fourth-order valence-corrected chi connectivity index (χ4v) is 3.39. The minimum Gasteiger partial charge on any atom is -0.391 e. The van der Waals surface area contributed by atoms with Gasteiger partial charge >= 0.3 is 0 Å². The SMILES string of the molecule is CNC(=O)C(=N)c1cccc(C)c1CO/N=C1\CCc2c(C)cc(F)cc21. The van der Waals surface area contributed by atoms with E-state index in [1.54, 1.807) is 12.1 Å². The molecule has 0 fully saturated rings. The van der Waals surface area contributed by atoms with Crippen molar-refractivity contribution < 1.29 is 14.0 Å². The molecule has 1 aliphatic carbocycles.